The summed E-state index contributed by atoms with van der Waals surface area (Å²) in [4.78, 5) is 0. The normalized spacial score (nSPS) is 30.0. The van der Waals surface area contributed by atoms with Crippen molar-refractivity contribution in [1.82, 2.24) is 5.32 Å². The summed E-state index contributed by atoms with van der Waals surface area (Å²) >= 11 is 0. The highest BCUT2D eigenvalue weighted by atomic mass is 14.9. The van der Waals surface area contributed by atoms with Gasteiger partial charge in [0.2, 0.25) is 0 Å². The Labute approximate surface area is 76.9 Å². The SMILES string of the molecule is CCNCC1CCC1C(C)(C)C. The molecule has 12 heavy (non-hydrogen) atoms. The Bertz CT molecular complexity index is 134. The summed E-state index contributed by atoms with van der Waals surface area (Å²) in [6.45, 7) is 11.7. The van der Waals surface area contributed by atoms with Gasteiger partial charge in [0.25, 0.3) is 0 Å². The monoisotopic (exact) mass is 169 g/mol. The maximum Gasteiger partial charge on any atom is -0.00178 e. The van der Waals surface area contributed by atoms with Gasteiger partial charge in [-0.3, -0.25) is 0 Å². The average Bonchev–Trinajstić information content (AvgIpc) is 1.82. The molecule has 0 aromatic rings. The van der Waals surface area contributed by atoms with Crippen molar-refractivity contribution in [2.75, 3.05) is 13.1 Å². The minimum atomic E-state index is 0.526. The Balaban J connectivity index is 2.29. The van der Waals surface area contributed by atoms with Crippen molar-refractivity contribution in [2.24, 2.45) is 17.3 Å². The van der Waals surface area contributed by atoms with Crippen LogP contribution in [0.3, 0.4) is 0 Å². The van der Waals surface area contributed by atoms with Crippen molar-refractivity contribution in [1.29, 1.82) is 0 Å². The van der Waals surface area contributed by atoms with Gasteiger partial charge in [0.1, 0.15) is 0 Å². The quantitative estimate of drug-likeness (QED) is 0.685. The van der Waals surface area contributed by atoms with Crippen molar-refractivity contribution in [3.63, 3.8) is 0 Å². The molecule has 1 aliphatic rings. The lowest BCUT2D eigenvalue weighted by Crippen LogP contribution is -2.41. The summed E-state index contributed by atoms with van der Waals surface area (Å²) in [6, 6.07) is 0. The van der Waals surface area contributed by atoms with Gasteiger partial charge in [0, 0.05) is 0 Å². The molecular weight excluding hydrogens is 146 g/mol. The fourth-order valence-corrected chi connectivity index (χ4v) is 2.28. The van der Waals surface area contributed by atoms with E-state index in [4.69, 9.17) is 0 Å². The highest BCUT2D eigenvalue weighted by molar-refractivity contribution is 4.89. The standard InChI is InChI=1S/C11H23N/c1-5-12-8-9-6-7-10(9)11(2,3)4/h9-10,12H,5-8H2,1-4H3. The van der Waals surface area contributed by atoms with Crippen LogP contribution in [-0.2, 0) is 0 Å². The van der Waals surface area contributed by atoms with E-state index in [0.29, 0.717) is 5.41 Å². The summed E-state index contributed by atoms with van der Waals surface area (Å²) in [7, 11) is 0. The third-order valence-corrected chi connectivity index (χ3v) is 3.19. The molecule has 0 amide bonds. The van der Waals surface area contributed by atoms with Crippen LogP contribution in [0.15, 0.2) is 0 Å². The molecule has 0 aliphatic heterocycles. The van der Waals surface area contributed by atoms with E-state index in [1.807, 2.05) is 0 Å². The molecule has 0 heterocycles. The van der Waals surface area contributed by atoms with E-state index in [9.17, 15) is 0 Å². The first-order valence-electron chi connectivity index (χ1n) is 5.26. The van der Waals surface area contributed by atoms with Crippen LogP contribution in [0.25, 0.3) is 0 Å². The average molecular weight is 169 g/mol. The number of hydrogen-bond acceptors (Lipinski definition) is 1. The van der Waals surface area contributed by atoms with E-state index in [1.165, 1.54) is 19.4 Å². The molecule has 0 bridgehead atoms. The second-order valence-corrected chi connectivity index (χ2v) is 5.12. The fraction of sp³-hybridized carbons (Fsp3) is 1.00. The lowest BCUT2D eigenvalue weighted by molar-refractivity contribution is 0.0564. The molecule has 2 atom stereocenters. The maximum atomic E-state index is 3.45. The van der Waals surface area contributed by atoms with Crippen LogP contribution in [0, 0.1) is 17.3 Å². The second kappa shape index (κ2) is 3.78. The fourth-order valence-electron chi connectivity index (χ4n) is 2.28. The topological polar surface area (TPSA) is 12.0 Å². The van der Waals surface area contributed by atoms with Crippen LogP contribution in [0.2, 0.25) is 0 Å². The molecule has 1 heteroatoms. The Morgan fingerprint density at radius 2 is 1.92 bits per heavy atom. The van der Waals surface area contributed by atoms with Gasteiger partial charge in [-0.25, -0.2) is 0 Å². The van der Waals surface area contributed by atoms with Crippen LogP contribution < -0.4 is 5.32 Å². The molecule has 1 saturated carbocycles. The Morgan fingerprint density at radius 1 is 1.25 bits per heavy atom. The molecule has 1 nitrogen and oxygen atoms in total. The summed E-state index contributed by atoms with van der Waals surface area (Å²) in [5.74, 6) is 1.90. The van der Waals surface area contributed by atoms with E-state index in [1.54, 1.807) is 0 Å². The van der Waals surface area contributed by atoms with Crippen LogP contribution >= 0.6 is 0 Å². The van der Waals surface area contributed by atoms with Gasteiger partial charge in [0.05, 0.1) is 0 Å². The highest BCUT2D eigenvalue weighted by Gasteiger charge is 2.38. The van der Waals surface area contributed by atoms with Gasteiger partial charge >= 0.3 is 0 Å². The van der Waals surface area contributed by atoms with Gasteiger partial charge < -0.3 is 5.32 Å². The molecule has 0 spiro atoms. The zero-order valence-corrected chi connectivity index (χ0v) is 8.98. The molecule has 1 aliphatic carbocycles. The van der Waals surface area contributed by atoms with Gasteiger partial charge in [0.15, 0.2) is 0 Å². The molecule has 0 aromatic heterocycles. The third-order valence-electron chi connectivity index (χ3n) is 3.19. The summed E-state index contributed by atoms with van der Waals surface area (Å²) in [5.41, 5.74) is 0.526. The summed E-state index contributed by atoms with van der Waals surface area (Å²) in [5, 5.41) is 3.45. The largest absolute Gasteiger partial charge is 0.317 e. The Morgan fingerprint density at radius 3 is 2.25 bits per heavy atom. The third kappa shape index (κ3) is 2.22. The number of rotatable bonds is 3. The molecule has 1 N–H and O–H groups in total. The second-order valence-electron chi connectivity index (χ2n) is 5.12. The number of nitrogens with one attached hydrogen (secondary N) is 1. The van der Waals surface area contributed by atoms with Crippen LogP contribution in [0.4, 0.5) is 0 Å². The van der Waals surface area contributed by atoms with Crippen LogP contribution in [-0.4, -0.2) is 13.1 Å². The van der Waals surface area contributed by atoms with Gasteiger partial charge in [-0.2, -0.15) is 0 Å². The van der Waals surface area contributed by atoms with Crippen molar-refractivity contribution in [2.45, 2.75) is 40.5 Å². The van der Waals surface area contributed by atoms with Crippen molar-refractivity contribution >= 4 is 0 Å². The van der Waals surface area contributed by atoms with Gasteiger partial charge in [-0.1, -0.05) is 27.7 Å². The van der Waals surface area contributed by atoms with Gasteiger partial charge in [-0.05, 0) is 43.2 Å². The van der Waals surface area contributed by atoms with Crippen molar-refractivity contribution < 1.29 is 0 Å². The molecule has 1 rings (SSSR count). The number of hydrogen-bond donors (Lipinski definition) is 1. The molecule has 72 valence electrons. The van der Waals surface area contributed by atoms with Crippen LogP contribution in [0.1, 0.15) is 40.5 Å². The minimum absolute atomic E-state index is 0.526. The van der Waals surface area contributed by atoms with E-state index >= 15 is 0 Å². The highest BCUT2D eigenvalue weighted by Crippen LogP contribution is 2.45. The zero-order chi connectivity index (χ0) is 9.19. The van der Waals surface area contributed by atoms with E-state index in [0.717, 1.165) is 18.4 Å². The zero-order valence-electron chi connectivity index (χ0n) is 8.98. The van der Waals surface area contributed by atoms with Crippen LogP contribution in [0.5, 0.6) is 0 Å². The smallest absolute Gasteiger partial charge is 0.00178 e. The van der Waals surface area contributed by atoms with Crippen molar-refractivity contribution in [3.05, 3.63) is 0 Å². The van der Waals surface area contributed by atoms with E-state index < -0.39 is 0 Å². The molecule has 2 unspecified atom stereocenters. The first kappa shape index (κ1) is 10.0. The predicted octanol–water partition coefficient (Wildman–Crippen LogP) is 2.67. The molecule has 1 fully saturated rings. The predicted molar refractivity (Wildman–Crippen MR) is 54.2 cm³/mol. The Kier molecular flexibility index (Phi) is 3.16. The first-order chi connectivity index (χ1) is 5.55. The first-order valence-corrected chi connectivity index (χ1v) is 5.26. The molecular formula is C11H23N. The molecule has 0 aromatic carbocycles. The summed E-state index contributed by atoms with van der Waals surface area (Å²) in [6.07, 6.45) is 2.88. The molecule has 0 radical (unpaired) electrons. The van der Waals surface area contributed by atoms with Gasteiger partial charge in [-0.15, -0.1) is 0 Å². The Hall–Kier alpha value is -0.0400. The minimum Gasteiger partial charge on any atom is -0.317 e. The lowest BCUT2D eigenvalue weighted by atomic mass is 9.61. The lowest BCUT2D eigenvalue weighted by Gasteiger charge is -2.45. The molecule has 0 saturated heterocycles. The van der Waals surface area contributed by atoms with E-state index in [2.05, 4.69) is 33.0 Å². The maximum absolute atomic E-state index is 3.45. The van der Waals surface area contributed by atoms with E-state index in [-0.39, 0.29) is 0 Å². The van der Waals surface area contributed by atoms with Crippen molar-refractivity contribution in [3.8, 4) is 0 Å². The summed E-state index contributed by atoms with van der Waals surface area (Å²) < 4.78 is 0.